The number of hydrogen-bond acceptors (Lipinski definition) is 2. The first-order valence-electron chi connectivity index (χ1n) is 8.01. The maximum atomic E-state index is 12.8. The minimum atomic E-state index is -0.134. The zero-order valence-corrected chi connectivity index (χ0v) is 12.5. The number of hydrogen-bond donors (Lipinski definition) is 1. The van der Waals surface area contributed by atoms with E-state index in [1.807, 2.05) is 0 Å². The van der Waals surface area contributed by atoms with Crippen molar-refractivity contribution in [2.75, 3.05) is 13.1 Å². The summed E-state index contributed by atoms with van der Waals surface area (Å²) in [5, 5.41) is 3.39. The third-order valence-electron chi connectivity index (χ3n) is 5.20. The summed E-state index contributed by atoms with van der Waals surface area (Å²) >= 11 is 0. The van der Waals surface area contributed by atoms with Crippen molar-refractivity contribution >= 4 is 5.78 Å². The molecule has 1 N–H and O–H groups in total. The molecular weight excluding hydrogens is 246 g/mol. The van der Waals surface area contributed by atoms with Gasteiger partial charge in [-0.3, -0.25) is 4.79 Å². The van der Waals surface area contributed by atoms with Crippen LogP contribution in [0.3, 0.4) is 0 Å². The maximum Gasteiger partial charge on any atom is 0.140 e. The molecule has 2 nitrogen and oxygen atoms in total. The third kappa shape index (κ3) is 2.67. The molecule has 108 valence electrons. The average Bonchev–Trinajstić information content (AvgIpc) is 2.48. The van der Waals surface area contributed by atoms with E-state index in [0.717, 1.165) is 32.4 Å². The van der Waals surface area contributed by atoms with Crippen LogP contribution in [0.1, 0.15) is 56.1 Å². The molecule has 1 saturated heterocycles. The van der Waals surface area contributed by atoms with E-state index in [-0.39, 0.29) is 5.41 Å². The molecule has 1 aliphatic carbocycles. The SMILES string of the molecule is CC1(C(=O)CC2CCCc3ccccc32)CCCNC1. The van der Waals surface area contributed by atoms with E-state index >= 15 is 0 Å². The van der Waals surface area contributed by atoms with Gasteiger partial charge in [-0.2, -0.15) is 0 Å². The number of benzene rings is 1. The maximum absolute atomic E-state index is 12.8. The van der Waals surface area contributed by atoms with Gasteiger partial charge < -0.3 is 5.32 Å². The largest absolute Gasteiger partial charge is 0.316 e. The molecule has 0 amide bonds. The van der Waals surface area contributed by atoms with Gasteiger partial charge >= 0.3 is 0 Å². The smallest absolute Gasteiger partial charge is 0.140 e. The lowest BCUT2D eigenvalue weighted by molar-refractivity contribution is -0.129. The second kappa shape index (κ2) is 5.69. The van der Waals surface area contributed by atoms with E-state index in [9.17, 15) is 4.79 Å². The first-order valence-corrected chi connectivity index (χ1v) is 8.01. The van der Waals surface area contributed by atoms with Crippen LogP contribution in [0.4, 0.5) is 0 Å². The number of ketones is 1. The number of nitrogens with one attached hydrogen (secondary N) is 1. The Morgan fingerprint density at radius 1 is 1.35 bits per heavy atom. The minimum absolute atomic E-state index is 0.134. The predicted molar refractivity (Wildman–Crippen MR) is 82.0 cm³/mol. The number of aryl methyl sites for hydroxylation is 1. The van der Waals surface area contributed by atoms with Crippen molar-refractivity contribution in [2.24, 2.45) is 5.41 Å². The fourth-order valence-corrected chi connectivity index (χ4v) is 3.83. The van der Waals surface area contributed by atoms with E-state index < -0.39 is 0 Å². The quantitative estimate of drug-likeness (QED) is 0.912. The first-order chi connectivity index (χ1) is 9.69. The summed E-state index contributed by atoms with van der Waals surface area (Å²) in [5.41, 5.74) is 2.76. The molecule has 20 heavy (non-hydrogen) atoms. The molecule has 2 atom stereocenters. The molecule has 1 fully saturated rings. The van der Waals surface area contributed by atoms with Crippen LogP contribution in [0, 0.1) is 5.41 Å². The molecule has 0 saturated carbocycles. The molecule has 0 radical (unpaired) electrons. The predicted octanol–water partition coefficient (Wildman–Crippen LogP) is 3.46. The number of fused-ring (bicyclic) bond motifs is 1. The average molecular weight is 271 g/mol. The number of carbonyl (C=O) groups is 1. The van der Waals surface area contributed by atoms with Gasteiger partial charge in [0, 0.05) is 18.4 Å². The van der Waals surface area contributed by atoms with Crippen LogP contribution in [0.25, 0.3) is 0 Å². The van der Waals surface area contributed by atoms with E-state index in [1.54, 1.807) is 0 Å². The normalized spacial score (nSPS) is 29.8. The van der Waals surface area contributed by atoms with Crippen LogP contribution in [0.15, 0.2) is 24.3 Å². The highest BCUT2D eigenvalue weighted by Crippen LogP contribution is 2.37. The summed E-state index contributed by atoms with van der Waals surface area (Å²) in [6.07, 6.45) is 6.49. The lowest BCUT2D eigenvalue weighted by Crippen LogP contribution is -2.43. The zero-order valence-electron chi connectivity index (χ0n) is 12.5. The van der Waals surface area contributed by atoms with Gasteiger partial charge in [0.1, 0.15) is 5.78 Å². The van der Waals surface area contributed by atoms with E-state index in [0.29, 0.717) is 11.7 Å². The Morgan fingerprint density at radius 3 is 3.00 bits per heavy atom. The third-order valence-corrected chi connectivity index (χ3v) is 5.20. The topological polar surface area (TPSA) is 29.1 Å². The molecule has 3 rings (SSSR count). The summed E-state index contributed by atoms with van der Waals surface area (Å²) in [7, 11) is 0. The van der Waals surface area contributed by atoms with Crippen molar-refractivity contribution in [1.29, 1.82) is 0 Å². The van der Waals surface area contributed by atoms with Crippen LogP contribution in [0.5, 0.6) is 0 Å². The lowest BCUT2D eigenvalue weighted by Gasteiger charge is -2.35. The Bertz CT molecular complexity index is 488. The van der Waals surface area contributed by atoms with Gasteiger partial charge in [-0.1, -0.05) is 31.2 Å². The van der Waals surface area contributed by atoms with Crippen LogP contribution in [0.2, 0.25) is 0 Å². The summed E-state index contributed by atoms with van der Waals surface area (Å²) < 4.78 is 0. The van der Waals surface area contributed by atoms with Crippen molar-refractivity contribution in [3.63, 3.8) is 0 Å². The van der Waals surface area contributed by atoms with Gasteiger partial charge in [0.2, 0.25) is 0 Å². The Labute approximate surface area is 122 Å². The summed E-state index contributed by atoms with van der Waals surface area (Å²) in [6, 6.07) is 8.70. The lowest BCUT2D eigenvalue weighted by atomic mass is 9.72. The van der Waals surface area contributed by atoms with Gasteiger partial charge in [-0.05, 0) is 55.7 Å². The molecule has 0 spiro atoms. The van der Waals surface area contributed by atoms with Crippen LogP contribution in [-0.4, -0.2) is 18.9 Å². The van der Waals surface area contributed by atoms with Crippen molar-refractivity contribution in [3.8, 4) is 0 Å². The summed E-state index contributed by atoms with van der Waals surface area (Å²) in [5.74, 6) is 0.914. The highest BCUT2D eigenvalue weighted by molar-refractivity contribution is 5.85. The Kier molecular flexibility index (Phi) is 3.93. The highest BCUT2D eigenvalue weighted by Gasteiger charge is 2.36. The molecule has 0 aromatic heterocycles. The molecule has 1 aliphatic heterocycles. The Hall–Kier alpha value is -1.15. The molecule has 1 heterocycles. The van der Waals surface area contributed by atoms with Gasteiger partial charge in [-0.25, -0.2) is 0 Å². The summed E-state index contributed by atoms with van der Waals surface area (Å²) in [4.78, 5) is 12.8. The minimum Gasteiger partial charge on any atom is -0.316 e. The van der Waals surface area contributed by atoms with Gasteiger partial charge in [0.05, 0.1) is 0 Å². The first kappa shape index (κ1) is 13.8. The highest BCUT2D eigenvalue weighted by atomic mass is 16.1. The Morgan fingerprint density at radius 2 is 2.20 bits per heavy atom. The molecule has 2 unspecified atom stereocenters. The Balaban J connectivity index is 1.74. The van der Waals surface area contributed by atoms with Crippen LogP contribution < -0.4 is 5.32 Å². The van der Waals surface area contributed by atoms with Crippen LogP contribution in [-0.2, 0) is 11.2 Å². The van der Waals surface area contributed by atoms with E-state index in [4.69, 9.17) is 0 Å². The second-order valence-electron chi connectivity index (χ2n) is 6.76. The molecule has 0 bridgehead atoms. The fraction of sp³-hybridized carbons (Fsp3) is 0.611. The van der Waals surface area contributed by atoms with Gasteiger partial charge in [0.25, 0.3) is 0 Å². The van der Waals surface area contributed by atoms with E-state index in [2.05, 4.69) is 36.5 Å². The number of piperidine rings is 1. The molecule has 1 aromatic rings. The second-order valence-corrected chi connectivity index (χ2v) is 6.76. The van der Waals surface area contributed by atoms with Crippen molar-refractivity contribution in [2.45, 2.75) is 51.4 Å². The number of rotatable bonds is 3. The molecule has 1 aromatic carbocycles. The fourth-order valence-electron chi connectivity index (χ4n) is 3.83. The van der Waals surface area contributed by atoms with Gasteiger partial charge in [0.15, 0.2) is 0 Å². The van der Waals surface area contributed by atoms with Crippen LogP contribution >= 0.6 is 0 Å². The zero-order chi connectivity index (χ0) is 14.0. The molecular formula is C18H25NO. The summed E-state index contributed by atoms with van der Waals surface area (Å²) in [6.45, 7) is 4.07. The number of Topliss-reactive ketones (excluding diaryl/α,β-unsaturated/α-hetero) is 1. The molecule has 2 heteroatoms. The monoisotopic (exact) mass is 271 g/mol. The van der Waals surface area contributed by atoms with E-state index in [1.165, 1.54) is 30.4 Å². The van der Waals surface area contributed by atoms with Crippen molar-refractivity contribution in [3.05, 3.63) is 35.4 Å². The molecule has 2 aliphatic rings. The van der Waals surface area contributed by atoms with Crippen molar-refractivity contribution < 1.29 is 4.79 Å². The van der Waals surface area contributed by atoms with Crippen molar-refractivity contribution in [1.82, 2.24) is 5.32 Å². The standard InChI is InChI=1S/C18H25NO/c1-18(10-5-11-19-13-18)17(20)12-15-8-4-7-14-6-2-3-9-16(14)15/h2-3,6,9,15,19H,4-5,7-8,10-13H2,1H3. The van der Waals surface area contributed by atoms with Gasteiger partial charge in [-0.15, -0.1) is 0 Å². The number of carbonyl (C=O) groups excluding carboxylic acids is 1.